The molecule has 4 aromatic rings. The lowest BCUT2D eigenvalue weighted by Crippen LogP contribution is -2.01. The van der Waals surface area contributed by atoms with E-state index >= 15 is 0 Å². The number of hydrogen-bond donors (Lipinski definition) is 0. The van der Waals surface area contributed by atoms with E-state index in [1.807, 2.05) is 6.07 Å². The maximum absolute atomic E-state index is 4.84. The van der Waals surface area contributed by atoms with Gasteiger partial charge in [0.2, 0.25) is 0 Å². The Morgan fingerprint density at radius 1 is 0.955 bits per heavy atom. The van der Waals surface area contributed by atoms with Gasteiger partial charge < -0.3 is 4.57 Å². The molecule has 108 valence electrons. The number of thiophene rings is 1. The molecule has 0 radical (unpaired) electrons. The molecule has 0 amide bonds. The maximum Gasteiger partial charge on any atom is 0.151 e. The number of rotatable bonds is 3. The zero-order valence-electron chi connectivity index (χ0n) is 12.4. The van der Waals surface area contributed by atoms with Gasteiger partial charge in [0.05, 0.1) is 15.9 Å². The summed E-state index contributed by atoms with van der Waals surface area (Å²) in [6, 6.07) is 21.3. The van der Waals surface area contributed by atoms with E-state index in [9.17, 15) is 0 Å². The largest absolute Gasteiger partial charge is 0.319 e. The second-order valence-electron chi connectivity index (χ2n) is 5.47. The van der Waals surface area contributed by atoms with Gasteiger partial charge in [-0.1, -0.05) is 48.0 Å². The minimum absolute atomic E-state index is 0.841. The number of imidazole rings is 1. The summed E-state index contributed by atoms with van der Waals surface area (Å²) in [5.41, 5.74) is 4.83. The Morgan fingerprint density at radius 2 is 1.77 bits per heavy atom. The van der Waals surface area contributed by atoms with Gasteiger partial charge in [0.15, 0.2) is 5.82 Å². The number of aromatic nitrogens is 2. The number of para-hydroxylation sites is 2. The van der Waals surface area contributed by atoms with Crippen LogP contribution >= 0.6 is 11.3 Å². The lowest BCUT2D eigenvalue weighted by Gasteiger charge is -2.09. The van der Waals surface area contributed by atoms with Crippen LogP contribution in [-0.4, -0.2) is 9.55 Å². The molecule has 0 bridgehead atoms. The third kappa shape index (κ3) is 2.34. The molecule has 0 saturated carbocycles. The quantitative estimate of drug-likeness (QED) is 0.513. The maximum atomic E-state index is 4.84. The Balaban J connectivity index is 1.87. The van der Waals surface area contributed by atoms with Gasteiger partial charge in [-0.15, -0.1) is 11.3 Å². The highest BCUT2D eigenvalue weighted by Crippen LogP contribution is 2.28. The van der Waals surface area contributed by atoms with Crippen LogP contribution in [0.2, 0.25) is 0 Å². The molecule has 3 heteroatoms. The summed E-state index contributed by atoms with van der Waals surface area (Å²) in [5, 5.41) is 2.10. The van der Waals surface area contributed by atoms with Gasteiger partial charge in [0.1, 0.15) is 0 Å². The van der Waals surface area contributed by atoms with E-state index in [-0.39, 0.29) is 0 Å². The van der Waals surface area contributed by atoms with E-state index in [0.29, 0.717) is 0 Å². The van der Waals surface area contributed by atoms with Crippen molar-refractivity contribution in [3.63, 3.8) is 0 Å². The van der Waals surface area contributed by atoms with E-state index in [1.165, 1.54) is 21.5 Å². The second-order valence-corrected chi connectivity index (χ2v) is 6.42. The predicted octanol–water partition coefficient (Wildman–Crippen LogP) is 5.12. The van der Waals surface area contributed by atoms with E-state index in [2.05, 4.69) is 71.5 Å². The van der Waals surface area contributed by atoms with Gasteiger partial charge in [0, 0.05) is 6.54 Å². The number of hydrogen-bond acceptors (Lipinski definition) is 2. The number of benzene rings is 2. The van der Waals surface area contributed by atoms with E-state index in [0.717, 1.165) is 17.9 Å². The van der Waals surface area contributed by atoms with Crippen LogP contribution in [0.1, 0.15) is 11.1 Å². The van der Waals surface area contributed by atoms with Crippen molar-refractivity contribution in [3.05, 3.63) is 77.2 Å². The standard InChI is InChI=1S/C19H16N2S/c1-14-8-10-15(11-9-14)13-21-17-6-3-2-5-16(17)20-19(21)18-7-4-12-22-18/h2-12H,13H2,1H3. The van der Waals surface area contributed by atoms with Crippen LogP contribution in [0.15, 0.2) is 66.0 Å². The van der Waals surface area contributed by atoms with Gasteiger partial charge in [-0.25, -0.2) is 4.98 Å². The number of aryl methyl sites for hydroxylation is 1. The third-order valence-corrected chi connectivity index (χ3v) is 4.72. The summed E-state index contributed by atoms with van der Waals surface area (Å²) in [5.74, 6) is 1.05. The van der Waals surface area contributed by atoms with Crippen LogP contribution in [0.3, 0.4) is 0 Å². The molecule has 0 aliphatic carbocycles. The minimum Gasteiger partial charge on any atom is -0.319 e. The molecule has 0 atom stereocenters. The third-order valence-electron chi connectivity index (χ3n) is 3.86. The van der Waals surface area contributed by atoms with Crippen molar-refractivity contribution in [1.82, 2.24) is 9.55 Å². The summed E-state index contributed by atoms with van der Waals surface area (Å²) in [4.78, 5) is 6.05. The smallest absolute Gasteiger partial charge is 0.151 e. The average Bonchev–Trinajstić information content (AvgIpc) is 3.18. The second kappa shape index (κ2) is 5.43. The topological polar surface area (TPSA) is 17.8 Å². The fraction of sp³-hybridized carbons (Fsp3) is 0.105. The van der Waals surface area contributed by atoms with Crippen LogP contribution in [-0.2, 0) is 6.54 Å². The Bertz CT molecular complexity index is 902. The molecule has 2 aromatic carbocycles. The van der Waals surface area contributed by atoms with E-state index < -0.39 is 0 Å². The molecule has 0 spiro atoms. The molecule has 0 unspecified atom stereocenters. The molecule has 0 saturated heterocycles. The first kappa shape index (κ1) is 13.3. The van der Waals surface area contributed by atoms with Crippen LogP contribution in [0.25, 0.3) is 21.7 Å². The first-order chi connectivity index (χ1) is 10.8. The van der Waals surface area contributed by atoms with Gasteiger partial charge in [-0.05, 0) is 36.1 Å². The summed E-state index contributed by atoms with van der Waals surface area (Å²) in [7, 11) is 0. The predicted molar refractivity (Wildman–Crippen MR) is 93.3 cm³/mol. The molecule has 0 aliphatic rings. The van der Waals surface area contributed by atoms with Crippen molar-refractivity contribution in [2.75, 3.05) is 0 Å². The summed E-state index contributed by atoms with van der Waals surface area (Å²) in [6.07, 6.45) is 0. The molecule has 2 aromatic heterocycles. The first-order valence-corrected chi connectivity index (χ1v) is 8.24. The SMILES string of the molecule is Cc1ccc(Cn2c(-c3cccs3)nc3ccccc32)cc1. The lowest BCUT2D eigenvalue weighted by molar-refractivity contribution is 0.836. The summed E-state index contributed by atoms with van der Waals surface area (Å²) >= 11 is 1.74. The van der Waals surface area contributed by atoms with Crippen LogP contribution in [0.5, 0.6) is 0 Å². The molecule has 4 rings (SSSR count). The highest BCUT2D eigenvalue weighted by Gasteiger charge is 2.13. The Kier molecular flexibility index (Phi) is 3.28. The van der Waals surface area contributed by atoms with Crippen LogP contribution in [0.4, 0.5) is 0 Å². The fourth-order valence-electron chi connectivity index (χ4n) is 2.71. The molecule has 22 heavy (non-hydrogen) atoms. The van der Waals surface area contributed by atoms with Crippen molar-refractivity contribution >= 4 is 22.4 Å². The molecular formula is C19H16N2S. The molecule has 0 aliphatic heterocycles. The van der Waals surface area contributed by atoms with Gasteiger partial charge >= 0.3 is 0 Å². The minimum atomic E-state index is 0.841. The highest BCUT2D eigenvalue weighted by atomic mass is 32.1. The number of fused-ring (bicyclic) bond motifs is 1. The van der Waals surface area contributed by atoms with Crippen LogP contribution in [0, 0.1) is 6.92 Å². The van der Waals surface area contributed by atoms with E-state index in [4.69, 9.17) is 4.98 Å². The zero-order valence-corrected chi connectivity index (χ0v) is 13.2. The van der Waals surface area contributed by atoms with E-state index in [1.54, 1.807) is 11.3 Å². The molecule has 0 N–H and O–H groups in total. The number of nitrogens with zero attached hydrogens (tertiary/aromatic N) is 2. The lowest BCUT2D eigenvalue weighted by atomic mass is 10.1. The monoisotopic (exact) mass is 304 g/mol. The Morgan fingerprint density at radius 3 is 2.55 bits per heavy atom. The average molecular weight is 304 g/mol. The highest BCUT2D eigenvalue weighted by molar-refractivity contribution is 7.13. The summed E-state index contributed by atoms with van der Waals surface area (Å²) < 4.78 is 2.31. The molecule has 0 fully saturated rings. The van der Waals surface area contributed by atoms with Crippen molar-refractivity contribution < 1.29 is 0 Å². The first-order valence-electron chi connectivity index (χ1n) is 7.36. The molecular weight excluding hydrogens is 288 g/mol. The Hall–Kier alpha value is -2.39. The molecule has 2 heterocycles. The fourth-order valence-corrected chi connectivity index (χ4v) is 3.43. The van der Waals surface area contributed by atoms with Crippen molar-refractivity contribution in [2.45, 2.75) is 13.5 Å². The summed E-state index contributed by atoms with van der Waals surface area (Å²) in [6.45, 7) is 2.96. The van der Waals surface area contributed by atoms with Crippen molar-refractivity contribution in [3.8, 4) is 10.7 Å². The molecule has 2 nitrogen and oxygen atoms in total. The van der Waals surface area contributed by atoms with Gasteiger partial charge in [0.25, 0.3) is 0 Å². The zero-order chi connectivity index (χ0) is 14.9. The van der Waals surface area contributed by atoms with Gasteiger partial charge in [-0.2, -0.15) is 0 Å². The Labute approximate surface area is 133 Å². The van der Waals surface area contributed by atoms with Crippen molar-refractivity contribution in [2.24, 2.45) is 0 Å². The normalized spacial score (nSPS) is 11.1. The van der Waals surface area contributed by atoms with Crippen LogP contribution < -0.4 is 0 Å². The van der Waals surface area contributed by atoms with Crippen molar-refractivity contribution in [1.29, 1.82) is 0 Å². The van der Waals surface area contributed by atoms with Gasteiger partial charge in [-0.3, -0.25) is 0 Å².